The molecule has 4 heteroatoms. The maximum Gasteiger partial charge on any atom is 0.410 e. The zero-order valence-electron chi connectivity index (χ0n) is 12.2. The molecule has 1 unspecified atom stereocenters. The molecule has 2 saturated heterocycles. The van der Waals surface area contributed by atoms with Crippen LogP contribution in [0.5, 0.6) is 0 Å². The summed E-state index contributed by atoms with van der Waals surface area (Å²) in [6.45, 7) is 8.72. The summed E-state index contributed by atoms with van der Waals surface area (Å²) in [5.41, 5.74) is -0.366. The lowest BCUT2D eigenvalue weighted by Gasteiger charge is -2.44. The maximum absolute atomic E-state index is 12.4. The Morgan fingerprint density at radius 3 is 2.44 bits per heavy atom. The summed E-state index contributed by atoms with van der Waals surface area (Å²) in [5.74, 6) is 0. The molecule has 4 nitrogen and oxygen atoms in total. The number of nitrogens with zero attached hydrogens (tertiary/aromatic N) is 2. The minimum atomic E-state index is -0.403. The van der Waals surface area contributed by atoms with Crippen LogP contribution < -0.4 is 0 Å². The molecule has 0 saturated carbocycles. The third-order valence-electron chi connectivity index (χ3n) is 3.98. The van der Waals surface area contributed by atoms with Crippen molar-refractivity contribution >= 4 is 6.09 Å². The monoisotopic (exact) mass is 254 g/mol. The van der Waals surface area contributed by atoms with Crippen LogP contribution in [0.1, 0.15) is 46.5 Å². The van der Waals surface area contributed by atoms with Crippen molar-refractivity contribution in [3.63, 3.8) is 0 Å². The van der Waals surface area contributed by atoms with Crippen molar-refractivity contribution in [2.45, 2.75) is 57.6 Å². The molecule has 0 aromatic carbocycles. The highest BCUT2D eigenvalue weighted by Crippen LogP contribution is 2.36. The van der Waals surface area contributed by atoms with E-state index in [1.54, 1.807) is 0 Å². The highest BCUT2D eigenvalue weighted by Gasteiger charge is 2.46. The van der Waals surface area contributed by atoms with Crippen molar-refractivity contribution in [3.05, 3.63) is 0 Å². The van der Waals surface area contributed by atoms with Crippen LogP contribution in [0.2, 0.25) is 0 Å². The number of likely N-dealkylation sites (N-methyl/N-ethyl adjacent to an activating group) is 1. The lowest BCUT2D eigenvalue weighted by Crippen LogP contribution is -2.56. The first kappa shape index (κ1) is 13.7. The van der Waals surface area contributed by atoms with Gasteiger partial charge in [0.25, 0.3) is 0 Å². The lowest BCUT2D eigenvalue weighted by atomic mass is 9.86. The number of ether oxygens (including phenoxy) is 1. The van der Waals surface area contributed by atoms with E-state index in [9.17, 15) is 4.79 Å². The van der Waals surface area contributed by atoms with Crippen molar-refractivity contribution in [2.24, 2.45) is 0 Å². The summed E-state index contributed by atoms with van der Waals surface area (Å²) in [5, 5.41) is 0. The maximum atomic E-state index is 12.4. The number of rotatable bonds is 0. The Morgan fingerprint density at radius 2 is 1.89 bits per heavy atom. The fourth-order valence-electron chi connectivity index (χ4n) is 3.18. The summed E-state index contributed by atoms with van der Waals surface area (Å²) in [6, 6.07) is 0. The van der Waals surface area contributed by atoms with E-state index in [0.29, 0.717) is 0 Å². The second kappa shape index (κ2) is 4.72. The molecule has 0 aromatic heterocycles. The molecule has 2 rings (SSSR count). The van der Waals surface area contributed by atoms with Gasteiger partial charge < -0.3 is 14.5 Å². The predicted molar refractivity (Wildman–Crippen MR) is 71.6 cm³/mol. The quantitative estimate of drug-likeness (QED) is 0.666. The van der Waals surface area contributed by atoms with Gasteiger partial charge in [-0.15, -0.1) is 0 Å². The van der Waals surface area contributed by atoms with E-state index in [2.05, 4.69) is 11.9 Å². The Bertz CT molecular complexity index is 320. The Kier molecular flexibility index (Phi) is 3.58. The fraction of sp³-hybridized carbons (Fsp3) is 0.929. The number of carbonyl (C=O) groups is 1. The first-order valence-electron chi connectivity index (χ1n) is 7.02. The van der Waals surface area contributed by atoms with Crippen LogP contribution in [0.25, 0.3) is 0 Å². The smallest absolute Gasteiger partial charge is 0.410 e. The molecular weight excluding hydrogens is 228 g/mol. The number of amides is 1. The first-order valence-corrected chi connectivity index (χ1v) is 7.02. The Labute approximate surface area is 110 Å². The second-order valence-corrected chi connectivity index (χ2v) is 6.80. The van der Waals surface area contributed by atoms with Crippen LogP contribution in [0, 0.1) is 0 Å². The molecule has 0 aliphatic carbocycles. The summed E-state index contributed by atoms with van der Waals surface area (Å²) in [7, 11) is 2.14. The van der Waals surface area contributed by atoms with E-state index in [1.807, 2.05) is 25.7 Å². The molecule has 2 aliphatic heterocycles. The molecule has 0 radical (unpaired) electrons. The molecule has 2 fully saturated rings. The van der Waals surface area contributed by atoms with E-state index in [1.165, 1.54) is 6.42 Å². The zero-order chi connectivity index (χ0) is 13.4. The van der Waals surface area contributed by atoms with E-state index >= 15 is 0 Å². The van der Waals surface area contributed by atoms with Gasteiger partial charge in [-0.05, 0) is 53.5 Å². The minimum Gasteiger partial charge on any atom is -0.444 e. The first-order chi connectivity index (χ1) is 8.32. The number of piperidine rings is 1. The summed E-state index contributed by atoms with van der Waals surface area (Å²) < 4.78 is 5.57. The van der Waals surface area contributed by atoms with Gasteiger partial charge in [-0.1, -0.05) is 0 Å². The molecule has 2 heterocycles. The third kappa shape index (κ3) is 2.79. The highest BCUT2D eigenvalue weighted by atomic mass is 16.6. The predicted octanol–water partition coefficient (Wildman–Crippen LogP) is 2.48. The number of hydrogen-bond donors (Lipinski definition) is 0. The van der Waals surface area contributed by atoms with Crippen LogP contribution in [-0.4, -0.2) is 53.7 Å². The largest absolute Gasteiger partial charge is 0.444 e. The van der Waals surface area contributed by atoms with Gasteiger partial charge in [0.1, 0.15) is 5.60 Å². The van der Waals surface area contributed by atoms with Crippen molar-refractivity contribution < 1.29 is 9.53 Å². The molecule has 0 N–H and O–H groups in total. The molecular formula is C14H26N2O2. The van der Waals surface area contributed by atoms with E-state index in [-0.39, 0.29) is 11.6 Å². The van der Waals surface area contributed by atoms with Crippen molar-refractivity contribution in [1.82, 2.24) is 9.80 Å². The summed E-state index contributed by atoms with van der Waals surface area (Å²) in [6.07, 6.45) is 4.41. The molecule has 0 bridgehead atoms. The Hall–Kier alpha value is -0.770. The molecule has 1 atom stereocenters. The molecule has 0 aromatic rings. The molecule has 1 spiro atoms. The van der Waals surface area contributed by atoms with Crippen molar-refractivity contribution in [1.29, 1.82) is 0 Å². The third-order valence-corrected chi connectivity index (χ3v) is 3.98. The number of hydrogen-bond acceptors (Lipinski definition) is 3. The van der Waals surface area contributed by atoms with Gasteiger partial charge in [0.05, 0.1) is 5.54 Å². The van der Waals surface area contributed by atoms with Gasteiger partial charge in [0.2, 0.25) is 0 Å². The molecule has 1 amide bonds. The highest BCUT2D eigenvalue weighted by molar-refractivity contribution is 5.69. The standard InChI is InChI=1S/C14H26N2O2/c1-13(2,3)18-12(17)16-9-6-5-7-14(16)8-10-15(4)11-14/h5-11H2,1-4H3. The SMILES string of the molecule is CN1CCC2(CCCCN2C(=O)OC(C)(C)C)C1. The average Bonchev–Trinajstić information content (AvgIpc) is 2.58. The van der Waals surface area contributed by atoms with Crippen molar-refractivity contribution in [3.8, 4) is 0 Å². The normalized spacial score (nSPS) is 29.9. The van der Waals surface area contributed by atoms with E-state index < -0.39 is 5.60 Å². The zero-order valence-corrected chi connectivity index (χ0v) is 12.2. The number of likely N-dealkylation sites (tertiary alicyclic amines) is 2. The van der Waals surface area contributed by atoms with Gasteiger partial charge in [0, 0.05) is 19.6 Å². The van der Waals surface area contributed by atoms with Gasteiger partial charge >= 0.3 is 6.09 Å². The van der Waals surface area contributed by atoms with Crippen LogP contribution in [0.3, 0.4) is 0 Å². The van der Waals surface area contributed by atoms with Gasteiger partial charge in [-0.25, -0.2) is 4.79 Å². The topological polar surface area (TPSA) is 32.8 Å². The minimum absolute atomic E-state index is 0.0370. The lowest BCUT2D eigenvalue weighted by molar-refractivity contribution is -0.0128. The van der Waals surface area contributed by atoms with Crippen molar-refractivity contribution in [2.75, 3.05) is 26.7 Å². The Balaban J connectivity index is 2.11. The molecule has 18 heavy (non-hydrogen) atoms. The van der Waals surface area contributed by atoms with Crippen LogP contribution in [0.4, 0.5) is 4.79 Å². The van der Waals surface area contributed by atoms with Gasteiger partial charge in [0.15, 0.2) is 0 Å². The van der Waals surface area contributed by atoms with Crippen LogP contribution in [-0.2, 0) is 4.74 Å². The second-order valence-electron chi connectivity index (χ2n) is 6.80. The van der Waals surface area contributed by atoms with E-state index in [0.717, 1.165) is 38.9 Å². The summed E-state index contributed by atoms with van der Waals surface area (Å²) >= 11 is 0. The average molecular weight is 254 g/mol. The molecule has 104 valence electrons. The van der Waals surface area contributed by atoms with Gasteiger partial charge in [-0.3, -0.25) is 0 Å². The number of carbonyl (C=O) groups excluding carboxylic acids is 1. The fourth-order valence-corrected chi connectivity index (χ4v) is 3.18. The Morgan fingerprint density at radius 1 is 1.17 bits per heavy atom. The van der Waals surface area contributed by atoms with E-state index in [4.69, 9.17) is 4.74 Å². The van der Waals surface area contributed by atoms with Gasteiger partial charge in [-0.2, -0.15) is 0 Å². The van der Waals surface area contributed by atoms with Crippen LogP contribution >= 0.6 is 0 Å². The van der Waals surface area contributed by atoms with Crippen LogP contribution in [0.15, 0.2) is 0 Å². The summed E-state index contributed by atoms with van der Waals surface area (Å²) in [4.78, 5) is 16.7. The molecule has 2 aliphatic rings.